The molecule has 2 nitrogen and oxygen atoms in total. The van der Waals surface area contributed by atoms with Crippen LogP contribution >= 0.6 is 27.5 Å². The molecule has 5 heteroatoms. The predicted molar refractivity (Wildman–Crippen MR) is 75.3 cm³/mol. The first-order valence-electron chi connectivity index (χ1n) is 5.36. The molecule has 96 valence electrons. The summed E-state index contributed by atoms with van der Waals surface area (Å²) in [6.07, 6.45) is 0. The van der Waals surface area contributed by atoms with Crippen molar-refractivity contribution in [2.24, 2.45) is 0 Å². The zero-order chi connectivity index (χ0) is 13.8. The van der Waals surface area contributed by atoms with Crippen molar-refractivity contribution >= 4 is 27.5 Å². The zero-order valence-electron chi connectivity index (χ0n) is 9.66. The summed E-state index contributed by atoms with van der Waals surface area (Å²) < 4.78 is 19.1. The molecular formula is C14H8BrClFNO. The Hall–Kier alpha value is -1.57. The maximum absolute atomic E-state index is 13.5. The number of nitriles is 1. The van der Waals surface area contributed by atoms with Gasteiger partial charge in [-0.1, -0.05) is 39.7 Å². The Morgan fingerprint density at radius 2 is 2.11 bits per heavy atom. The Morgan fingerprint density at radius 1 is 1.32 bits per heavy atom. The fourth-order valence-electron chi connectivity index (χ4n) is 1.54. The van der Waals surface area contributed by atoms with Gasteiger partial charge in [-0.25, -0.2) is 4.39 Å². The fourth-order valence-corrected chi connectivity index (χ4v) is 2.22. The molecule has 0 fully saturated rings. The lowest BCUT2D eigenvalue weighted by Gasteiger charge is -2.11. The van der Waals surface area contributed by atoms with E-state index >= 15 is 0 Å². The highest BCUT2D eigenvalue weighted by atomic mass is 79.9. The monoisotopic (exact) mass is 339 g/mol. The normalized spacial score (nSPS) is 10.0. The van der Waals surface area contributed by atoms with Gasteiger partial charge in [0.2, 0.25) is 0 Å². The van der Waals surface area contributed by atoms with E-state index in [0.29, 0.717) is 21.9 Å². The number of rotatable bonds is 3. The molecule has 0 amide bonds. The van der Waals surface area contributed by atoms with Gasteiger partial charge in [-0.3, -0.25) is 0 Å². The second kappa shape index (κ2) is 6.05. The van der Waals surface area contributed by atoms with Crippen LogP contribution in [0.4, 0.5) is 4.39 Å². The minimum Gasteiger partial charge on any atom is -0.455 e. The number of benzene rings is 2. The molecule has 0 saturated carbocycles. The molecule has 0 unspecified atom stereocenters. The van der Waals surface area contributed by atoms with Crippen LogP contribution in [-0.2, 0) is 5.33 Å². The Morgan fingerprint density at radius 3 is 2.74 bits per heavy atom. The number of hydrogen-bond acceptors (Lipinski definition) is 2. The van der Waals surface area contributed by atoms with Crippen LogP contribution in [0.15, 0.2) is 36.4 Å². The Bertz CT molecular complexity index is 654. The molecule has 0 saturated heterocycles. The number of hydrogen-bond donors (Lipinski definition) is 0. The van der Waals surface area contributed by atoms with Gasteiger partial charge in [-0.2, -0.15) is 5.26 Å². The summed E-state index contributed by atoms with van der Waals surface area (Å²) in [5.41, 5.74) is 0.837. The lowest BCUT2D eigenvalue weighted by Crippen LogP contribution is -1.92. The van der Waals surface area contributed by atoms with Gasteiger partial charge in [0, 0.05) is 17.0 Å². The molecule has 0 aliphatic heterocycles. The second-order valence-electron chi connectivity index (χ2n) is 3.72. The molecule has 0 radical (unpaired) electrons. The van der Waals surface area contributed by atoms with Crippen molar-refractivity contribution in [3.05, 3.63) is 58.4 Å². The van der Waals surface area contributed by atoms with Gasteiger partial charge in [0.05, 0.1) is 10.6 Å². The molecule has 0 aliphatic carbocycles. The van der Waals surface area contributed by atoms with Crippen LogP contribution in [-0.4, -0.2) is 0 Å². The number of nitrogens with zero attached hydrogens (tertiary/aromatic N) is 1. The summed E-state index contributed by atoms with van der Waals surface area (Å²) in [6, 6.07) is 11.2. The van der Waals surface area contributed by atoms with Crippen LogP contribution in [0, 0.1) is 17.1 Å². The van der Waals surface area contributed by atoms with Crippen LogP contribution in [0.25, 0.3) is 0 Å². The first kappa shape index (κ1) is 13.9. The first-order chi connectivity index (χ1) is 9.15. The average molecular weight is 341 g/mol. The standard InChI is InChI=1S/C14H8BrClFNO/c15-7-9-2-1-3-12(16)14(9)19-11-5-4-10(8-18)13(17)6-11/h1-6H,7H2. The quantitative estimate of drug-likeness (QED) is 0.733. The highest BCUT2D eigenvalue weighted by Gasteiger charge is 2.10. The average Bonchev–Trinajstić information content (AvgIpc) is 2.41. The third kappa shape index (κ3) is 3.06. The molecule has 0 aromatic heterocycles. The van der Waals surface area contributed by atoms with Gasteiger partial charge in [0.15, 0.2) is 0 Å². The molecule has 0 aliphatic rings. The first-order valence-corrected chi connectivity index (χ1v) is 6.86. The van der Waals surface area contributed by atoms with Crippen molar-refractivity contribution in [2.75, 3.05) is 0 Å². The minimum atomic E-state index is -0.618. The van der Waals surface area contributed by atoms with E-state index in [1.54, 1.807) is 12.1 Å². The smallest absolute Gasteiger partial charge is 0.150 e. The van der Waals surface area contributed by atoms with E-state index in [4.69, 9.17) is 21.6 Å². The zero-order valence-corrected chi connectivity index (χ0v) is 12.0. The minimum absolute atomic E-state index is 0.0211. The van der Waals surface area contributed by atoms with E-state index < -0.39 is 5.82 Å². The van der Waals surface area contributed by atoms with Crippen LogP contribution < -0.4 is 4.74 Å². The Labute approximate surface area is 123 Å². The molecule has 0 N–H and O–H groups in total. The molecule has 0 spiro atoms. The molecule has 0 heterocycles. The van der Waals surface area contributed by atoms with Crippen molar-refractivity contribution in [2.45, 2.75) is 5.33 Å². The molecule has 0 bridgehead atoms. The van der Waals surface area contributed by atoms with Gasteiger partial charge in [-0.05, 0) is 18.2 Å². The molecule has 2 aromatic carbocycles. The van der Waals surface area contributed by atoms with E-state index in [9.17, 15) is 4.39 Å². The Balaban J connectivity index is 2.37. The largest absolute Gasteiger partial charge is 0.455 e. The van der Waals surface area contributed by atoms with Crippen LogP contribution in [0.5, 0.6) is 11.5 Å². The summed E-state index contributed by atoms with van der Waals surface area (Å²) in [5, 5.41) is 9.68. The van der Waals surface area contributed by atoms with Crippen LogP contribution in [0.3, 0.4) is 0 Å². The van der Waals surface area contributed by atoms with Gasteiger partial charge in [-0.15, -0.1) is 0 Å². The second-order valence-corrected chi connectivity index (χ2v) is 4.69. The van der Waals surface area contributed by atoms with Gasteiger partial charge >= 0.3 is 0 Å². The van der Waals surface area contributed by atoms with Crippen LogP contribution in [0.1, 0.15) is 11.1 Å². The maximum Gasteiger partial charge on any atom is 0.150 e. The molecule has 2 aromatic rings. The van der Waals surface area contributed by atoms with Gasteiger partial charge < -0.3 is 4.74 Å². The topological polar surface area (TPSA) is 33.0 Å². The number of alkyl halides is 1. The van der Waals surface area contributed by atoms with Crippen molar-refractivity contribution in [3.8, 4) is 17.6 Å². The maximum atomic E-state index is 13.5. The number of halogens is 3. The predicted octanol–water partition coefficient (Wildman–Crippen LogP) is 5.04. The molecule has 2 rings (SSSR count). The lowest BCUT2D eigenvalue weighted by molar-refractivity contribution is 0.473. The molecule has 0 atom stereocenters. The summed E-state index contributed by atoms with van der Waals surface area (Å²) >= 11 is 9.40. The summed E-state index contributed by atoms with van der Waals surface area (Å²) in [7, 11) is 0. The SMILES string of the molecule is N#Cc1ccc(Oc2c(Cl)cccc2CBr)cc1F. The fraction of sp³-hybridized carbons (Fsp3) is 0.0714. The number of para-hydroxylation sites is 1. The van der Waals surface area contributed by atoms with Crippen molar-refractivity contribution in [1.82, 2.24) is 0 Å². The summed E-state index contributed by atoms with van der Waals surface area (Å²) in [5.74, 6) is 0.157. The highest BCUT2D eigenvalue weighted by Crippen LogP contribution is 2.34. The van der Waals surface area contributed by atoms with Crippen LogP contribution in [0.2, 0.25) is 5.02 Å². The Kier molecular flexibility index (Phi) is 4.41. The summed E-state index contributed by atoms with van der Waals surface area (Å²) in [6.45, 7) is 0. The van der Waals surface area contributed by atoms with Gasteiger partial charge in [0.25, 0.3) is 0 Å². The summed E-state index contributed by atoms with van der Waals surface area (Å²) in [4.78, 5) is 0. The molecule has 19 heavy (non-hydrogen) atoms. The van der Waals surface area contributed by atoms with E-state index in [-0.39, 0.29) is 5.56 Å². The van der Waals surface area contributed by atoms with E-state index in [1.165, 1.54) is 18.2 Å². The third-order valence-electron chi connectivity index (χ3n) is 2.47. The lowest BCUT2D eigenvalue weighted by atomic mass is 10.2. The highest BCUT2D eigenvalue weighted by molar-refractivity contribution is 9.08. The van der Waals surface area contributed by atoms with Crippen molar-refractivity contribution < 1.29 is 9.13 Å². The third-order valence-corrected chi connectivity index (χ3v) is 3.38. The van der Waals surface area contributed by atoms with E-state index in [2.05, 4.69) is 15.9 Å². The van der Waals surface area contributed by atoms with Crippen molar-refractivity contribution in [1.29, 1.82) is 5.26 Å². The van der Waals surface area contributed by atoms with E-state index in [1.807, 2.05) is 12.1 Å². The van der Waals surface area contributed by atoms with Crippen molar-refractivity contribution in [3.63, 3.8) is 0 Å². The number of ether oxygens (including phenoxy) is 1. The molecular weight excluding hydrogens is 333 g/mol. The van der Waals surface area contributed by atoms with Gasteiger partial charge in [0.1, 0.15) is 23.4 Å². The van der Waals surface area contributed by atoms with E-state index in [0.717, 1.165) is 5.56 Å².